The SMILES string of the molecule is CCCN(CP(=O)([O-])[O-])CP(=O)([O-])[O-].[NH4+].[NH4+]. The third-order valence-electron chi connectivity index (χ3n) is 1.29. The molecule has 0 amide bonds. The van der Waals surface area contributed by atoms with Crippen molar-refractivity contribution in [1.29, 1.82) is 0 Å². The standard InChI is InChI=1S/C5H15NO6P2.2H3N/c1-2-3-6(4-13(7,8)9)5-14(10,11)12;;/h2-5H2,1H3,(H2,7,8,9)(H2,10,11,12);2*1H3/p-2. The number of rotatable bonds is 6. The maximum absolute atomic E-state index is 10.3. The van der Waals surface area contributed by atoms with Gasteiger partial charge in [-0.3, -0.25) is 4.90 Å². The molecule has 0 aromatic rings. The summed E-state index contributed by atoms with van der Waals surface area (Å²) in [5.41, 5.74) is 0. The van der Waals surface area contributed by atoms with Gasteiger partial charge in [0.05, 0.1) is 0 Å². The predicted molar refractivity (Wildman–Crippen MR) is 53.9 cm³/mol. The minimum Gasteiger partial charge on any atom is -0.810 e. The summed E-state index contributed by atoms with van der Waals surface area (Å²) in [6, 6.07) is 0. The molecule has 11 heteroatoms. The smallest absolute Gasteiger partial charge is 0.0264 e. The Hall–Kier alpha value is 0.180. The van der Waals surface area contributed by atoms with E-state index in [2.05, 4.69) is 0 Å². The van der Waals surface area contributed by atoms with E-state index in [1.165, 1.54) is 0 Å². The van der Waals surface area contributed by atoms with E-state index in [-0.39, 0.29) is 18.8 Å². The van der Waals surface area contributed by atoms with E-state index in [0.29, 0.717) is 6.42 Å². The van der Waals surface area contributed by atoms with Gasteiger partial charge >= 0.3 is 0 Å². The molecular formula is C5H19N3O6P2-2. The second-order valence-corrected chi connectivity index (χ2v) is 5.91. The van der Waals surface area contributed by atoms with Gasteiger partial charge in [-0.1, -0.05) is 22.1 Å². The normalized spacial score (nSPS) is 11.9. The predicted octanol–water partition coefficient (Wildman–Crippen LogP) is -1.81. The average Bonchev–Trinajstić information content (AvgIpc) is 1.78. The first-order valence-corrected chi connectivity index (χ1v) is 7.34. The fourth-order valence-corrected chi connectivity index (χ4v) is 2.61. The Morgan fingerprint density at radius 2 is 1.25 bits per heavy atom. The van der Waals surface area contributed by atoms with Crippen LogP contribution in [-0.4, -0.2) is 24.0 Å². The second kappa shape index (κ2) is 8.30. The summed E-state index contributed by atoms with van der Waals surface area (Å²) in [7, 11) is -9.62. The Morgan fingerprint density at radius 1 is 0.938 bits per heavy atom. The molecule has 0 aromatic heterocycles. The van der Waals surface area contributed by atoms with Crippen molar-refractivity contribution in [2.45, 2.75) is 13.3 Å². The van der Waals surface area contributed by atoms with E-state index in [1.807, 2.05) is 0 Å². The molecule has 0 unspecified atom stereocenters. The zero-order chi connectivity index (χ0) is 11.4. The van der Waals surface area contributed by atoms with E-state index in [0.717, 1.165) is 4.90 Å². The van der Waals surface area contributed by atoms with Gasteiger partial charge in [0.15, 0.2) is 0 Å². The largest absolute Gasteiger partial charge is 0.810 e. The molecule has 0 bridgehead atoms. The molecular weight excluding hydrogens is 260 g/mol. The molecule has 16 heavy (non-hydrogen) atoms. The molecule has 0 aliphatic carbocycles. The second-order valence-electron chi connectivity index (χ2n) is 2.90. The summed E-state index contributed by atoms with van der Waals surface area (Å²) in [5.74, 6) is 0. The van der Waals surface area contributed by atoms with Crippen molar-refractivity contribution in [3.8, 4) is 0 Å². The van der Waals surface area contributed by atoms with Gasteiger partial charge in [0, 0.05) is 12.6 Å². The fourth-order valence-electron chi connectivity index (χ4n) is 0.992. The number of nitrogens with zero attached hydrogens (tertiary/aromatic N) is 1. The lowest BCUT2D eigenvalue weighted by atomic mass is 10.5. The number of quaternary nitrogens is 2. The van der Waals surface area contributed by atoms with Crippen LogP contribution in [0.25, 0.3) is 0 Å². The molecule has 0 radical (unpaired) electrons. The van der Waals surface area contributed by atoms with Crippen LogP contribution in [0.3, 0.4) is 0 Å². The first-order chi connectivity index (χ1) is 6.14. The van der Waals surface area contributed by atoms with Crippen LogP contribution in [-0.2, 0) is 9.13 Å². The summed E-state index contributed by atoms with van der Waals surface area (Å²) < 4.78 is 20.7. The number of hydrogen-bond acceptors (Lipinski definition) is 7. The van der Waals surface area contributed by atoms with E-state index in [4.69, 9.17) is 0 Å². The van der Waals surface area contributed by atoms with Crippen molar-refractivity contribution in [3.63, 3.8) is 0 Å². The number of hydrogen-bond donors (Lipinski definition) is 2. The van der Waals surface area contributed by atoms with E-state index in [9.17, 15) is 28.7 Å². The highest BCUT2D eigenvalue weighted by atomic mass is 31.2. The molecule has 0 saturated heterocycles. The van der Waals surface area contributed by atoms with Gasteiger partial charge in [0.2, 0.25) is 0 Å². The lowest BCUT2D eigenvalue weighted by molar-refractivity contribution is -0.318. The quantitative estimate of drug-likeness (QED) is 0.532. The van der Waals surface area contributed by atoms with Crippen molar-refractivity contribution in [2.24, 2.45) is 0 Å². The molecule has 0 aromatic carbocycles. The van der Waals surface area contributed by atoms with Gasteiger partial charge in [0.25, 0.3) is 0 Å². The van der Waals surface area contributed by atoms with E-state index >= 15 is 0 Å². The third kappa shape index (κ3) is 14.2. The summed E-state index contributed by atoms with van der Waals surface area (Å²) in [6.45, 7) is 1.76. The van der Waals surface area contributed by atoms with Crippen molar-refractivity contribution in [3.05, 3.63) is 0 Å². The zero-order valence-electron chi connectivity index (χ0n) is 9.62. The van der Waals surface area contributed by atoms with E-state index in [1.54, 1.807) is 6.92 Å². The van der Waals surface area contributed by atoms with Gasteiger partial charge in [-0.25, -0.2) is 0 Å². The van der Waals surface area contributed by atoms with Crippen molar-refractivity contribution in [2.75, 3.05) is 19.1 Å². The molecule has 9 nitrogen and oxygen atoms in total. The van der Waals surface area contributed by atoms with Crippen molar-refractivity contribution < 1.29 is 28.7 Å². The highest BCUT2D eigenvalue weighted by molar-refractivity contribution is 7.49. The fraction of sp³-hybridized carbons (Fsp3) is 1.00. The molecule has 0 rings (SSSR count). The maximum atomic E-state index is 10.3. The van der Waals surface area contributed by atoms with Crippen LogP contribution in [0.15, 0.2) is 0 Å². The summed E-state index contributed by atoms with van der Waals surface area (Å²) >= 11 is 0. The summed E-state index contributed by atoms with van der Waals surface area (Å²) in [6.07, 6.45) is -1.38. The molecule has 0 fully saturated rings. The Labute approximate surface area is 94.3 Å². The van der Waals surface area contributed by atoms with Gasteiger partial charge in [-0.2, -0.15) is 0 Å². The molecule has 0 spiro atoms. The molecule has 0 atom stereocenters. The van der Waals surface area contributed by atoms with Crippen molar-refractivity contribution >= 4 is 15.2 Å². The Balaban J connectivity index is -0.000000845. The molecule has 0 aliphatic rings. The molecule has 0 aliphatic heterocycles. The van der Waals surface area contributed by atoms with Gasteiger partial charge < -0.3 is 41.0 Å². The Morgan fingerprint density at radius 3 is 1.44 bits per heavy atom. The lowest BCUT2D eigenvalue weighted by Crippen LogP contribution is -2.36. The van der Waals surface area contributed by atoms with Gasteiger partial charge in [-0.05, 0) is 13.0 Å². The highest BCUT2D eigenvalue weighted by Gasteiger charge is 2.07. The highest BCUT2D eigenvalue weighted by Crippen LogP contribution is 2.30. The molecule has 102 valence electrons. The summed E-state index contributed by atoms with van der Waals surface area (Å²) in [5, 5.41) is 0. The van der Waals surface area contributed by atoms with Crippen LogP contribution in [0, 0.1) is 0 Å². The molecule has 8 N–H and O–H groups in total. The van der Waals surface area contributed by atoms with Crippen LogP contribution in [0.1, 0.15) is 13.3 Å². The first kappa shape index (κ1) is 21.5. The zero-order valence-corrected chi connectivity index (χ0v) is 11.4. The van der Waals surface area contributed by atoms with Crippen LogP contribution in [0.5, 0.6) is 0 Å². The molecule has 0 saturated carbocycles. The maximum Gasteiger partial charge on any atom is 0.0264 e. The summed E-state index contributed by atoms with van der Waals surface area (Å²) in [4.78, 5) is 42.2. The third-order valence-corrected chi connectivity index (χ3v) is 2.78. The minimum atomic E-state index is -4.81. The van der Waals surface area contributed by atoms with Crippen molar-refractivity contribution in [1.82, 2.24) is 17.2 Å². The van der Waals surface area contributed by atoms with Crippen LogP contribution in [0.4, 0.5) is 0 Å². The van der Waals surface area contributed by atoms with Gasteiger partial charge in [0.1, 0.15) is 0 Å². The Kier molecular flexibility index (Phi) is 11.1. The minimum absolute atomic E-state index is 0. The molecule has 0 heterocycles. The van der Waals surface area contributed by atoms with Crippen LogP contribution in [0.2, 0.25) is 0 Å². The average molecular weight is 279 g/mol. The van der Waals surface area contributed by atoms with E-state index < -0.39 is 27.8 Å². The monoisotopic (exact) mass is 279 g/mol. The van der Waals surface area contributed by atoms with Gasteiger partial charge in [-0.15, -0.1) is 0 Å². The topological polar surface area (TPSA) is 203 Å². The van der Waals surface area contributed by atoms with Crippen LogP contribution >= 0.6 is 15.2 Å². The van der Waals surface area contributed by atoms with Crippen LogP contribution < -0.4 is 31.9 Å². The first-order valence-electron chi connectivity index (χ1n) is 3.88. The lowest BCUT2D eigenvalue weighted by Gasteiger charge is -2.40. The Bertz CT molecular complexity index is 239.